The van der Waals surface area contributed by atoms with Crippen molar-refractivity contribution in [2.24, 2.45) is 5.92 Å². The van der Waals surface area contributed by atoms with Gasteiger partial charge in [0, 0.05) is 19.1 Å². The van der Waals surface area contributed by atoms with Crippen LogP contribution in [-0.4, -0.2) is 47.0 Å². The van der Waals surface area contributed by atoms with Crippen LogP contribution in [0.3, 0.4) is 0 Å². The highest BCUT2D eigenvalue weighted by molar-refractivity contribution is 5.69. The number of ether oxygens (including phenoxy) is 3. The monoisotopic (exact) mass is 447 g/mol. The molecule has 5 rings (SSSR count). The Morgan fingerprint density at radius 3 is 2.64 bits per heavy atom. The summed E-state index contributed by atoms with van der Waals surface area (Å²) in [4.78, 5) is 23.1. The summed E-state index contributed by atoms with van der Waals surface area (Å²) in [5.74, 6) is 0.913. The van der Waals surface area contributed by atoms with Gasteiger partial charge in [-0.25, -0.2) is 9.78 Å². The highest BCUT2D eigenvalue weighted by atomic mass is 16.6. The molecule has 0 radical (unpaired) electrons. The van der Waals surface area contributed by atoms with Gasteiger partial charge in [-0.3, -0.25) is 4.90 Å². The lowest BCUT2D eigenvalue weighted by Crippen LogP contribution is -2.44. The van der Waals surface area contributed by atoms with Crippen LogP contribution in [0, 0.1) is 12.8 Å². The average molecular weight is 448 g/mol. The number of benzene rings is 2. The average Bonchev–Trinajstić information content (AvgIpc) is 3.52. The van der Waals surface area contributed by atoms with Crippen molar-refractivity contribution >= 4 is 6.09 Å². The third kappa shape index (κ3) is 4.79. The van der Waals surface area contributed by atoms with E-state index >= 15 is 0 Å². The van der Waals surface area contributed by atoms with Crippen molar-refractivity contribution in [3.05, 3.63) is 77.7 Å². The molecule has 172 valence electrons. The molecule has 3 heterocycles. The third-order valence-corrected chi connectivity index (χ3v) is 6.39. The lowest BCUT2D eigenvalue weighted by molar-refractivity contribution is -0.0548. The Hall–Kier alpha value is -3.16. The molecule has 2 fully saturated rings. The van der Waals surface area contributed by atoms with Gasteiger partial charge in [0.2, 0.25) is 0 Å². The minimum absolute atomic E-state index is 0.208. The molecule has 1 unspecified atom stereocenters. The zero-order chi connectivity index (χ0) is 22.6. The Bertz CT molecular complexity index is 1060. The molecule has 33 heavy (non-hydrogen) atoms. The molecule has 1 N–H and O–H groups in total. The quantitative estimate of drug-likeness (QED) is 0.605. The second-order valence-electron chi connectivity index (χ2n) is 8.69. The van der Waals surface area contributed by atoms with Crippen LogP contribution in [0.15, 0.2) is 60.8 Å². The maximum atomic E-state index is 13.3. The van der Waals surface area contributed by atoms with Crippen molar-refractivity contribution in [3.8, 4) is 11.3 Å². The smallest absolute Gasteiger partial charge is 0.412 e. The number of rotatable bonds is 5. The number of aromatic nitrogens is 2. The maximum absolute atomic E-state index is 13.3. The molecule has 0 bridgehead atoms. The molecule has 2 aliphatic rings. The highest BCUT2D eigenvalue weighted by Crippen LogP contribution is 2.37. The summed E-state index contributed by atoms with van der Waals surface area (Å²) in [6.07, 6.45) is 2.79. The Morgan fingerprint density at radius 1 is 1.12 bits per heavy atom. The van der Waals surface area contributed by atoms with Crippen LogP contribution in [0.1, 0.15) is 35.8 Å². The van der Waals surface area contributed by atoms with Crippen molar-refractivity contribution in [3.63, 3.8) is 0 Å². The van der Waals surface area contributed by atoms with Crippen LogP contribution >= 0.6 is 0 Å². The Labute approximate surface area is 193 Å². The summed E-state index contributed by atoms with van der Waals surface area (Å²) in [6, 6.07) is 17.6. The van der Waals surface area contributed by atoms with E-state index < -0.39 is 0 Å². The third-order valence-electron chi connectivity index (χ3n) is 6.39. The van der Waals surface area contributed by atoms with E-state index in [1.54, 1.807) is 4.90 Å². The molecule has 1 amide bonds. The van der Waals surface area contributed by atoms with Crippen LogP contribution < -0.4 is 0 Å². The van der Waals surface area contributed by atoms with Gasteiger partial charge in [0.15, 0.2) is 0 Å². The fraction of sp³-hybridized carbons (Fsp3) is 0.385. The first kappa shape index (κ1) is 21.7. The summed E-state index contributed by atoms with van der Waals surface area (Å²) in [6.45, 7) is 4.02. The second kappa shape index (κ2) is 9.77. The Morgan fingerprint density at radius 2 is 1.88 bits per heavy atom. The van der Waals surface area contributed by atoms with E-state index in [1.165, 1.54) is 5.56 Å². The molecule has 2 saturated heterocycles. The zero-order valence-electron chi connectivity index (χ0n) is 18.8. The van der Waals surface area contributed by atoms with E-state index in [0.717, 1.165) is 29.7 Å². The summed E-state index contributed by atoms with van der Waals surface area (Å²) in [7, 11) is 0. The van der Waals surface area contributed by atoms with Crippen LogP contribution in [0.2, 0.25) is 0 Å². The molecule has 1 aromatic heterocycles. The fourth-order valence-electron chi connectivity index (χ4n) is 4.51. The molecule has 7 nitrogen and oxygen atoms in total. The van der Waals surface area contributed by atoms with Crippen LogP contribution in [0.25, 0.3) is 11.3 Å². The molecule has 0 saturated carbocycles. The molecular formula is C26H29N3O4. The van der Waals surface area contributed by atoms with Crippen molar-refractivity contribution in [1.29, 1.82) is 0 Å². The number of H-pyrrole nitrogens is 1. The van der Waals surface area contributed by atoms with Gasteiger partial charge in [-0.2, -0.15) is 0 Å². The van der Waals surface area contributed by atoms with Gasteiger partial charge >= 0.3 is 6.09 Å². The van der Waals surface area contributed by atoms with Crippen LogP contribution in [0.5, 0.6) is 0 Å². The molecule has 2 atom stereocenters. The number of hydrogen-bond donors (Lipinski definition) is 1. The fourth-order valence-corrected chi connectivity index (χ4v) is 4.51. The molecular weight excluding hydrogens is 418 g/mol. The maximum Gasteiger partial charge on any atom is 0.412 e. The van der Waals surface area contributed by atoms with E-state index in [1.807, 2.05) is 36.5 Å². The predicted octanol–water partition coefficient (Wildman–Crippen LogP) is 4.85. The summed E-state index contributed by atoms with van der Waals surface area (Å²) >= 11 is 0. The van der Waals surface area contributed by atoms with Gasteiger partial charge in [0.1, 0.15) is 24.7 Å². The first-order valence-corrected chi connectivity index (χ1v) is 11.5. The van der Waals surface area contributed by atoms with E-state index in [-0.39, 0.29) is 30.9 Å². The minimum Gasteiger partial charge on any atom is -0.444 e. The number of nitrogens with zero attached hydrogens (tertiary/aromatic N) is 2. The van der Waals surface area contributed by atoms with Crippen molar-refractivity contribution in [2.75, 3.05) is 19.8 Å². The number of imidazole rings is 1. The largest absolute Gasteiger partial charge is 0.444 e. The van der Waals surface area contributed by atoms with Gasteiger partial charge in [-0.05, 0) is 30.9 Å². The van der Waals surface area contributed by atoms with Crippen molar-refractivity contribution in [1.82, 2.24) is 14.9 Å². The van der Waals surface area contributed by atoms with Gasteiger partial charge in [-0.15, -0.1) is 0 Å². The topological polar surface area (TPSA) is 76.7 Å². The van der Waals surface area contributed by atoms with E-state index in [0.29, 0.717) is 25.6 Å². The lowest BCUT2D eigenvalue weighted by atomic mass is 9.97. The van der Waals surface area contributed by atoms with Gasteiger partial charge in [0.25, 0.3) is 0 Å². The summed E-state index contributed by atoms with van der Waals surface area (Å²) in [5, 5.41) is 0. The van der Waals surface area contributed by atoms with E-state index in [4.69, 9.17) is 14.2 Å². The first-order valence-electron chi connectivity index (χ1n) is 11.5. The molecule has 2 aromatic carbocycles. The van der Waals surface area contributed by atoms with Gasteiger partial charge in [-0.1, -0.05) is 60.2 Å². The van der Waals surface area contributed by atoms with Crippen molar-refractivity contribution < 1.29 is 19.0 Å². The zero-order valence-corrected chi connectivity index (χ0v) is 18.8. The SMILES string of the molecule is Cc1ccc(-c2cnc([C@@H]3COC(C4CCOCC4)N3C(=O)OCc3ccccc3)[nH]2)cc1. The molecule has 0 spiro atoms. The first-order chi connectivity index (χ1) is 16.2. The number of aryl methyl sites for hydroxylation is 1. The number of carbonyl (C=O) groups is 1. The summed E-state index contributed by atoms with van der Waals surface area (Å²) in [5.41, 5.74) is 4.12. The number of aromatic amines is 1. The number of nitrogens with one attached hydrogen (secondary N) is 1. The van der Waals surface area contributed by atoms with Gasteiger partial charge < -0.3 is 19.2 Å². The lowest BCUT2D eigenvalue weighted by Gasteiger charge is -2.33. The summed E-state index contributed by atoms with van der Waals surface area (Å²) < 4.78 is 17.4. The number of amides is 1. The minimum atomic E-state index is -0.383. The van der Waals surface area contributed by atoms with Crippen LogP contribution in [0.4, 0.5) is 4.79 Å². The standard InChI is InChI=1S/C26H29N3O4/c1-18-7-9-20(10-8-18)22-15-27-24(28-22)23-17-32-25(21-11-13-31-14-12-21)29(23)26(30)33-16-19-5-3-2-4-6-19/h2-10,15,21,23,25H,11-14,16-17H2,1H3,(H,27,28)/t23-,25?/m0/s1. The highest BCUT2D eigenvalue weighted by Gasteiger charge is 2.45. The normalized spacial score (nSPS) is 21.3. The van der Waals surface area contributed by atoms with Crippen molar-refractivity contribution in [2.45, 2.75) is 38.6 Å². The van der Waals surface area contributed by atoms with Crippen LogP contribution in [-0.2, 0) is 20.8 Å². The molecule has 7 heteroatoms. The Balaban J connectivity index is 1.38. The van der Waals surface area contributed by atoms with E-state index in [2.05, 4.69) is 41.2 Å². The second-order valence-corrected chi connectivity index (χ2v) is 8.69. The molecule has 2 aliphatic heterocycles. The van der Waals surface area contributed by atoms with Gasteiger partial charge in [0.05, 0.1) is 18.5 Å². The number of carbonyl (C=O) groups excluding carboxylic acids is 1. The van der Waals surface area contributed by atoms with E-state index in [9.17, 15) is 4.79 Å². The molecule has 3 aromatic rings. The number of hydrogen-bond acceptors (Lipinski definition) is 5. The predicted molar refractivity (Wildman–Crippen MR) is 123 cm³/mol. The molecule has 0 aliphatic carbocycles. The Kier molecular flexibility index (Phi) is 6.41.